The van der Waals surface area contributed by atoms with Crippen molar-refractivity contribution in [1.29, 1.82) is 0 Å². The van der Waals surface area contributed by atoms with Crippen molar-refractivity contribution in [3.63, 3.8) is 0 Å². The number of piperidine rings is 1. The predicted octanol–water partition coefficient (Wildman–Crippen LogP) is 5.61. The highest BCUT2D eigenvalue weighted by Gasteiger charge is 2.33. The maximum atomic E-state index is 13.7. The molecular formula is C26H27N3O3. The quantitative estimate of drug-likeness (QED) is 0.378. The van der Waals surface area contributed by atoms with Crippen LogP contribution in [-0.4, -0.2) is 23.9 Å². The Kier molecular flexibility index (Phi) is 6.50. The third kappa shape index (κ3) is 4.49. The Hall–Kier alpha value is -3.67. The number of anilines is 2. The number of hydrogen-bond acceptors (Lipinski definition) is 4. The molecule has 0 spiro atoms. The van der Waals surface area contributed by atoms with Crippen molar-refractivity contribution in [3.8, 4) is 0 Å². The first-order valence-electron chi connectivity index (χ1n) is 11.0. The Morgan fingerprint density at radius 3 is 2.12 bits per heavy atom. The predicted molar refractivity (Wildman–Crippen MR) is 127 cm³/mol. The molecular weight excluding hydrogens is 402 g/mol. The molecule has 0 unspecified atom stereocenters. The molecule has 1 fully saturated rings. The summed E-state index contributed by atoms with van der Waals surface area (Å²) >= 11 is 0. The Morgan fingerprint density at radius 1 is 0.938 bits per heavy atom. The second kappa shape index (κ2) is 9.64. The van der Waals surface area contributed by atoms with Gasteiger partial charge in [-0.3, -0.25) is 14.9 Å². The monoisotopic (exact) mass is 429 g/mol. The van der Waals surface area contributed by atoms with Gasteiger partial charge in [0.15, 0.2) is 0 Å². The molecule has 0 radical (unpaired) electrons. The highest BCUT2D eigenvalue weighted by atomic mass is 16.6. The fourth-order valence-corrected chi connectivity index (χ4v) is 4.46. The average Bonchev–Trinajstić information content (AvgIpc) is 2.85. The number of nitrogens with zero attached hydrogens (tertiary/aromatic N) is 3. The molecule has 4 rings (SSSR count). The van der Waals surface area contributed by atoms with Crippen LogP contribution >= 0.6 is 0 Å². The number of carbonyl (C=O) groups excluding carboxylic acids is 1. The maximum absolute atomic E-state index is 13.7. The van der Waals surface area contributed by atoms with Gasteiger partial charge in [0.25, 0.3) is 5.69 Å². The first-order chi connectivity index (χ1) is 15.6. The normalized spacial score (nSPS) is 15.2. The van der Waals surface area contributed by atoms with E-state index in [-0.39, 0.29) is 28.5 Å². The van der Waals surface area contributed by atoms with E-state index in [0.29, 0.717) is 31.6 Å². The summed E-state index contributed by atoms with van der Waals surface area (Å²) < 4.78 is 0. The molecule has 0 aliphatic carbocycles. The molecule has 3 aromatic rings. The van der Waals surface area contributed by atoms with E-state index in [0.717, 1.165) is 11.3 Å². The highest BCUT2D eigenvalue weighted by Crippen LogP contribution is 2.34. The van der Waals surface area contributed by atoms with Crippen LogP contribution in [0.5, 0.6) is 0 Å². The lowest BCUT2D eigenvalue weighted by Crippen LogP contribution is -2.44. The van der Waals surface area contributed by atoms with Crippen LogP contribution in [-0.2, 0) is 4.79 Å². The Bertz CT molecular complexity index is 1060. The summed E-state index contributed by atoms with van der Waals surface area (Å²) in [4.78, 5) is 28.7. The third-order valence-corrected chi connectivity index (χ3v) is 6.20. The number of benzene rings is 3. The molecule has 0 saturated carbocycles. The first-order valence-corrected chi connectivity index (χ1v) is 11.0. The van der Waals surface area contributed by atoms with E-state index in [4.69, 9.17) is 0 Å². The number of carbonyl (C=O) groups is 1. The molecule has 0 N–H and O–H groups in total. The molecule has 1 aliphatic heterocycles. The van der Waals surface area contributed by atoms with Crippen molar-refractivity contribution >= 4 is 23.0 Å². The number of amides is 1. The van der Waals surface area contributed by atoms with Gasteiger partial charge in [-0.15, -0.1) is 0 Å². The van der Waals surface area contributed by atoms with Crippen LogP contribution in [0.1, 0.15) is 31.4 Å². The van der Waals surface area contributed by atoms with Crippen molar-refractivity contribution in [2.75, 3.05) is 22.9 Å². The fraction of sp³-hybridized carbons (Fsp3) is 0.269. The highest BCUT2D eigenvalue weighted by molar-refractivity contribution is 5.96. The van der Waals surface area contributed by atoms with E-state index in [1.54, 1.807) is 12.1 Å². The Morgan fingerprint density at radius 2 is 1.50 bits per heavy atom. The maximum Gasteiger partial charge on any atom is 0.292 e. The van der Waals surface area contributed by atoms with Gasteiger partial charge in [0.05, 0.1) is 11.0 Å². The summed E-state index contributed by atoms with van der Waals surface area (Å²) in [6.07, 6.45) is 1.32. The minimum atomic E-state index is -0.342. The zero-order chi connectivity index (χ0) is 22.5. The molecule has 1 heterocycles. The van der Waals surface area contributed by atoms with Crippen molar-refractivity contribution in [2.45, 2.75) is 25.8 Å². The molecule has 3 aromatic carbocycles. The summed E-state index contributed by atoms with van der Waals surface area (Å²) in [5.41, 5.74) is 2.71. The smallest absolute Gasteiger partial charge is 0.292 e. The van der Waals surface area contributed by atoms with Gasteiger partial charge < -0.3 is 9.80 Å². The number of hydrogen-bond donors (Lipinski definition) is 0. The average molecular weight is 430 g/mol. The Labute approximate surface area is 188 Å². The fourth-order valence-electron chi connectivity index (χ4n) is 4.46. The molecule has 1 atom stereocenters. The third-order valence-electron chi connectivity index (χ3n) is 6.20. The zero-order valence-electron chi connectivity index (χ0n) is 18.1. The van der Waals surface area contributed by atoms with Crippen molar-refractivity contribution < 1.29 is 9.72 Å². The number of rotatable bonds is 6. The molecule has 6 nitrogen and oxygen atoms in total. The molecule has 1 aliphatic rings. The Balaban J connectivity index is 1.54. The standard InChI is InChI=1S/C26H27N3O3/c1-20(21-10-4-2-5-11-21)28(23-12-6-3-7-13-23)26(30)22-16-18-27(19-17-22)24-14-8-9-15-25(24)29(31)32/h2-15,20,22H,16-19H2,1H3/t20-/m0/s1. The number of nitro benzene ring substituents is 1. The van der Waals surface area contributed by atoms with E-state index in [1.165, 1.54) is 6.07 Å². The number of nitro groups is 1. The van der Waals surface area contributed by atoms with Crippen LogP contribution in [0.4, 0.5) is 17.1 Å². The summed E-state index contributed by atoms with van der Waals surface area (Å²) in [5.74, 6) is -0.0184. The second-order valence-electron chi connectivity index (χ2n) is 8.14. The van der Waals surface area contributed by atoms with Gasteiger partial charge >= 0.3 is 0 Å². The van der Waals surface area contributed by atoms with Crippen molar-refractivity contribution in [3.05, 3.63) is 101 Å². The summed E-state index contributed by atoms with van der Waals surface area (Å²) in [6.45, 7) is 3.29. The van der Waals surface area contributed by atoms with Crippen LogP contribution in [0.3, 0.4) is 0 Å². The zero-order valence-corrected chi connectivity index (χ0v) is 18.1. The van der Waals surface area contributed by atoms with Gasteiger partial charge in [0.1, 0.15) is 5.69 Å². The summed E-state index contributed by atoms with van der Waals surface area (Å²) in [5, 5.41) is 11.4. The minimum Gasteiger partial charge on any atom is -0.366 e. The SMILES string of the molecule is C[C@@H](c1ccccc1)N(C(=O)C1CCN(c2ccccc2[N+](=O)[O-])CC1)c1ccccc1. The van der Waals surface area contributed by atoms with Crippen LogP contribution in [0.15, 0.2) is 84.9 Å². The van der Waals surface area contributed by atoms with Gasteiger partial charge in [-0.25, -0.2) is 0 Å². The number of para-hydroxylation sites is 3. The lowest BCUT2D eigenvalue weighted by atomic mass is 9.93. The van der Waals surface area contributed by atoms with E-state index in [1.807, 2.05) is 76.5 Å². The van der Waals surface area contributed by atoms with E-state index in [2.05, 4.69) is 6.92 Å². The second-order valence-corrected chi connectivity index (χ2v) is 8.14. The lowest BCUT2D eigenvalue weighted by molar-refractivity contribution is -0.384. The molecule has 32 heavy (non-hydrogen) atoms. The lowest BCUT2D eigenvalue weighted by Gasteiger charge is -2.37. The molecule has 6 heteroatoms. The molecule has 164 valence electrons. The molecule has 0 bridgehead atoms. The largest absolute Gasteiger partial charge is 0.366 e. The molecule has 1 saturated heterocycles. The van der Waals surface area contributed by atoms with Crippen LogP contribution in [0, 0.1) is 16.0 Å². The molecule has 0 aromatic heterocycles. The topological polar surface area (TPSA) is 66.7 Å². The summed E-state index contributed by atoms with van der Waals surface area (Å²) in [6, 6.07) is 26.6. The van der Waals surface area contributed by atoms with E-state index >= 15 is 0 Å². The van der Waals surface area contributed by atoms with Gasteiger partial charge in [-0.2, -0.15) is 0 Å². The van der Waals surface area contributed by atoms with Crippen LogP contribution in [0.2, 0.25) is 0 Å². The van der Waals surface area contributed by atoms with Gasteiger partial charge in [0.2, 0.25) is 5.91 Å². The van der Waals surface area contributed by atoms with Crippen molar-refractivity contribution in [1.82, 2.24) is 0 Å². The van der Waals surface area contributed by atoms with Gasteiger partial charge in [0, 0.05) is 30.8 Å². The van der Waals surface area contributed by atoms with Gasteiger partial charge in [-0.05, 0) is 43.5 Å². The van der Waals surface area contributed by atoms with E-state index in [9.17, 15) is 14.9 Å². The summed E-state index contributed by atoms with van der Waals surface area (Å²) in [7, 11) is 0. The minimum absolute atomic E-state index is 0.0978. The van der Waals surface area contributed by atoms with E-state index < -0.39 is 0 Å². The van der Waals surface area contributed by atoms with Crippen LogP contribution < -0.4 is 9.80 Å². The molecule has 1 amide bonds. The van der Waals surface area contributed by atoms with Crippen LogP contribution in [0.25, 0.3) is 0 Å². The first kappa shape index (κ1) is 21.6. The van der Waals surface area contributed by atoms with Crippen molar-refractivity contribution in [2.24, 2.45) is 5.92 Å². The van der Waals surface area contributed by atoms with Gasteiger partial charge in [-0.1, -0.05) is 60.7 Å².